The Balaban J connectivity index is 3.27. The summed E-state index contributed by atoms with van der Waals surface area (Å²) in [5.41, 5.74) is 6.17. The number of hydrogen-bond donors (Lipinski definition) is 2. The normalized spacial score (nSPS) is 9.64. The van der Waals surface area contributed by atoms with Gasteiger partial charge in [-0.15, -0.1) is 0 Å². The van der Waals surface area contributed by atoms with E-state index >= 15 is 0 Å². The van der Waals surface area contributed by atoms with Crippen molar-refractivity contribution in [2.45, 2.75) is 6.92 Å². The van der Waals surface area contributed by atoms with Crippen molar-refractivity contribution in [1.29, 1.82) is 5.41 Å². The van der Waals surface area contributed by atoms with Crippen LogP contribution in [0.2, 0.25) is 0 Å². The van der Waals surface area contributed by atoms with Gasteiger partial charge in [0.15, 0.2) is 0 Å². The molecular weight excluding hydrogens is 143 g/mol. The number of nitrogen functional groups attached to an aromatic ring is 1. The van der Waals surface area contributed by atoms with Gasteiger partial charge in [0.05, 0.1) is 5.69 Å². The molecule has 11 heavy (non-hydrogen) atoms. The Hall–Kier alpha value is -1.38. The maximum absolute atomic E-state index is 12.7. The summed E-state index contributed by atoms with van der Waals surface area (Å²) in [6, 6.07) is 4.45. The molecule has 0 heterocycles. The smallest absolute Gasteiger partial charge is 0.146 e. The summed E-state index contributed by atoms with van der Waals surface area (Å²) in [6.07, 6.45) is 0. The molecule has 1 aromatic carbocycles. The van der Waals surface area contributed by atoms with Gasteiger partial charge in [-0.25, -0.2) is 4.39 Å². The van der Waals surface area contributed by atoms with Crippen molar-refractivity contribution in [3.05, 3.63) is 29.6 Å². The van der Waals surface area contributed by atoms with Crippen LogP contribution in [0.15, 0.2) is 18.2 Å². The van der Waals surface area contributed by atoms with E-state index < -0.39 is 5.82 Å². The van der Waals surface area contributed by atoms with E-state index in [-0.39, 0.29) is 11.4 Å². The third kappa shape index (κ3) is 1.37. The number of rotatable bonds is 1. The highest BCUT2D eigenvalue weighted by Gasteiger charge is 2.04. The molecule has 0 spiro atoms. The number of nitrogens with two attached hydrogens (primary N) is 1. The lowest BCUT2D eigenvalue weighted by Crippen LogP contribution is -2.01. The first kappa shape index (κ1) is 7.72. The first-order valence-corrected chi connectivity index (χ1v) is 3.22. The van der Waals surface area contributed by atoms with Crippen LogP contribution in [-0.4, -0.2) is 5.71 Å². The minimum Gasteiger partial charge on any atom is -0.396 e. The average Bonchev–Trinajstić information content (AvgIpc) is 1.94. The summed E-state index contributed by atoms with van der Waals surface area (Å²) in [4.78, 5) is 0. The lowest BCUT2D eigenvalue weighted by atomic mass is 10.1. The summed E-state index contributed by atoms with van der Waals surface area (Å²) >= 11 is 0. The fourth-order valence-electron chi connectivity index (χ4n) is 0.864. The molecule has 0 radical (unpaired) electrons. The van der Waals surface area contributed by atoms with Gasteiger partial charge in [0.2, 0.25) is 0 Å². The fraction of sp³-hybridized carbons (Fsp3) is 0.125. The van der Waals surface area contributed by atoms with Gasteiger partial charge in [-0.3, -0.25) is 0 Å². The van der Waals surface area contributed by atoms with Gasteiger partial charge >= 0.3 is 0 Å². The van der Waals surface area contributed by atoms with Crippen molar-refractivity contribution >= 4 is 11.4 Å². The molecule has 3 N–H and O–H groups in total. The Bertz CT molecular complexity index is 294. The molecule has 0 amide bonds. The summed E-state index contributed by atoms with van der Waals surface area (Å²) in [5, 5.41) is 7.23. The van der Waals surface area contributed by atoms with Crippen molar-refractivity contribution in [2.75, 3.05) is 5.73 Å². The highest BCUT2D eigenvalue weighted by Crippen LogP contribution is 2.15. The number of benzene rings is 1. The van der Waals surface area contributed by atoms with Crippen molar-refractivity contribution in [3.8, 4) is 0 Å². The maximum Gasteiger partial charge on any atom is 0.146 e. The highest BCUT2D eigenvalue weighted by molar-refractivity contribution is 6.00. The minimum absolute atomic E-state index is 0.0556. The van der Waals surface area contributed by atoms with E-state index in [1.807, 2.05) is 0 Å². The lowest BCUT2D eigenvalue weighted by molar-refractivity contribution is 0.632. The van der Waals surface area contributed by atoms with Crippen LogP contribution in [0.3, 0.4) is 0 Å². The number of hydrogen-bond acceptors (Lipinski definition) is 2. The Morgan fingerprint density at radius 3 is 2.64 bits per heavy atom. The predicted octanol–water partition coefficient (Wildman–Crippen LogP) is 1.80. The van der Waals surface area contributed by atoms with E-state index in [9.17, 15) is 4.39 Å². The average molecular weight is 152 g/mol. The number of para-hydroxylation sites is 1. The first-order valence-electron chi connectivity index (χ1n) is 3.22. The standard InChI is InChI=1S/C8H9FN2/c1-5(10)6-3-2-4-7(9)8(6)11/h2-4,10H,11H2,1H3. The van der Waals surface area contributed by atoms with Crippen molar-refractivity contribution in [3.63, 3.8) is 0 Å². The molecule has 0 saturated carbocycles. The molecule has 0 fully saturated rings. The first-order chi connectivity index (χ1) is 5.13. The summed E-state index contributed by atoms with van der Waals surface area (Å²) in [7, 11) is 0. The molecule has 3 heteroatoms. The topological polar surface area (TPSA) is 49.9 Å². The van der Waals surface area contributed by atoms with Crippen LogP contribution in [0.1, 0.15) is 12.5 Å². The van der Waals surface area contributed by atoms with Crippen LogP contribution < -0.4 is 5.73 Å². The molecule has 0 atom stereocenters. The quantitative estimate of drug-likeness (QED) is 0.467. The molecule has 0 aliphatic carbocycles. The molecule has 58 valence electrons. The van der Waals surface area contributed by atoms with Gasteiger partial charge in [0.25, 0.3) is 0 Å². The van der Waals surface area contributed by atoms with E-state index in [0.717, 1.165) is 0 Å². The monoisotopic (exact) mass is 152 g/mol. The van der Waals surface area contributed by atoms with Crippen molar-refractivity contribution < 1.29 is 4.39 Å². The highest BCUT2D eigenvalue weighted by atomic mass is 19.1. The molecule has 0 bridgehead atoms. The summed E-state index contributed by atoms with van der Waals surface area (Å²) < 4.78 is 12.7. The Kier molecular flexibility index (Phi) is 1.89. The molecule has 0 saturated heterocycles. The van der Waals surface area contributed by atoms with E-state index in [1.165, 1.54) is 6.07 Å². The molecule has 1 aromatic rings. The Morgan fingerprint density at radius 1 is 1.55 bits per heavy atom. The zero-order valence-electron chi connectivity index (χ0n) is 6.19. The molecule has 0 aromatic heterocycles. The third-order valence-electron chi connectivity index (χ3n) is 1.46. The lowest BCUT2D eigenvalue weighted by Gasteiger charge is -2.02. The fourth-order valence-corrected chi connectivity index (χ4v) is 0.864. The van der Waals surface area contributed by atoms with Crippen LogP contribution in [0.5, 0.6) is 0 Å². The summed E-state index contributed by atoms with van der Waals surface area (Å²) in [6.45, 7) is 1.57. The van der Waals surface area contributed by atoms with Gasteiger partial charge in [0, 0.05) is 11.3 Å². The second-order valence-corrected chi connectivity index (χ2v) is 2.33. The predicted molar refractivity (Wildman–Crippen MR) is 43.3 cm³/mol. The van der Waals surface area contributed by atoms with E-state index in [4.69, 9.17) is 11.1 Å². The maximum atomic E-state index is 12.7. The van der Waals surface area contributed by atoms with Gasteiger partial charge in [0.1, 0.15) is 5.82 Å². The van der Waals surface area contributed by atoms with E-state index in [1.54, 1.807) is 19.1 Å². The molecule has 0 aliphatic heterocycles. The Labute approximate surface area is 64.4 Å². The summed E-state index contributed by atoms with van der Waals surface area (Å²) in [5.74, 6) is -0.464. The van der Waals surface area contributed by atoms with E-state index in [0.29, 0.717) is 5.56 Å². The number of halogens is 1. The minimum atomic E-state index is -0.464. The van der Waals surface area contributed by atoms with Gasteiger partial charge in [-0.2, -0.15) is 0 Å². The number of anilines is 1. The molecule has 2 nitrogen and oxygen atoms in total. The largest absolute Gasteiger partial charge is 0.396 e. The van der Waals surface area contributed by atoms with Crippen LogP contribution in [-0.2, 0) is 0 Å². The van der Waals surface area contributed by atoms with E-state index in [2.05, 4.69) is 0 Å². The van der Waals surface area contributed by atoms with Crippen LogP contribution in [0.4, 0.5) is 10.1 Å². The van der Waals surface area contributed by atoms with Crippen LogP contribution in [0.25, 0.3) is 0 Å². The molecule has 0 aliphatic rings. The zero-order valence-corrected chi connectivity index (χ0v) is 6.19. The molecular formula is C8H9FN2. The molecule has 0 unspecified atom stereocenters. The molecule has 1 rings (SSSR count). The Morgan fingerprint density at radius 2 is 2.18 bits per heavy atom. The van der Waals surface area contributed by atoms with Crippen molar-refractivity contribution in [2.24, 2.45) is 0 Å². The second kappa shape index (κ2) is 2.70. The van der Waals surface area contributed by atoms with Crippen molar-refractivity contribution in [1.82, 2.24) is 0 Å². The van der Waals surface area contributed by atoms with Gasteiger partial charge in [-0.1, -0.05) is 12.1 Å². The number of nitrogens with one attached hydrogen (secondary N) is 1. The van der Waals surface area contributed by atoms with Crippen LogP contribution >= 0.6 is 0 Å². The second-order valence-electron chi connectivity index (χ2n) is 2.33. The van der Waals surface area contributed by atoms with Gasteiger partial charge in [-0.05, 0) is 13.0 Å². The SMILES string of the molecule is CC(=N)c1cccc(F)c1N. The van der Waals surface area contributed by atoms with Crippen LogP contribution in [0, 0.1) is 11.2 Å². The zero-order chi connectivity index (χ0) is 8.43. The van der Waals surface area contributed by atoms with Gasteiger partial charge < -0.3 is 11.1 Å². The third-order valence-corrected chi connectivity index (χ3v) is 1.46.